The Balaban J connectivity index is 0.732. The molecule has 0 bridgehead atoms. The van der Waals surface area contributed by atoms with Gasteiger partial charge in [0.25, 0.3) is 23.6 Å². The molecule has 3 aliphatic heterocycles. The van der Waals surface area contributed by atoms with Gasteiger partial charge in [-0.1, -0.05) is 12.1 Å². The molecule has 3 N–H and O–H groups in total. The summed E-state index contributed by atoms with van der Waals surface area (Å²) in [5, 5.41) is 8.44. The lowest BCUT2D eigenvalue weighted by Crippen LogP contribution is -2.58. The van der Waals surface area contributed by atoms with Gasteiger partial charge < -0.3 is 24.7 Å². The highest BCUT2D eigenvalue weighted by Gasteiger charge is 2.47. The second-order valence-electron chi connectivity index (χ2n) is 17.7. The molecule has 5 amide bonds. The van der Waals surface area contributed by atoms with Crippen molar-refractivity contribution >= 4 is 52.0 Å². The number of imide groups is 2. The molecular formula is C45H49F2N7O7. The molecule has 4 fully saturated rings. The zero-order chi connectivity index (χ0) is 42.6. The molecule has 9 rings (SSSR count). The number of carbonyl (C=O) groups is 5. The summed E-state index contributed by atoms with van der Waals surface area (Å²) in [6, 6.07) is 11.5. The Hall–Kier alpha value is -5.77. The summed E-state index contributed by atoms with van der Waals surface area (Å²) in [5.74, 6) is -3.57. The molecule has 1 spiro atoms. The second kappa shape index (κ2) is 15.9. The first kappa shape index (κ1) is 40.6. The average molecular weight is 838 g/mol. The van der Waals surface area contributed by atoms with Crippen LogP contribution in [-0.4, -0.2) is 88.6 Å². The summed E-state index contributed by atoms with van der Waals surface area (Å²) in [7, 11) is 1.48. The van der Waals surface area contributed by atoms with Crippen molar-refractivity contribution in [1.29, 1.82) is 0 Å². The predicted molar refractivity (Wildman–Crippen MR) is 219 cm³/mol. The van der Waals surface area contributed by atoms with Crippen molar-refractivity contribution in [1.82, 2.24) is 25.1 Å². The number of piperidine rings is 1. The van der Waals surface area contributed by atoms with E-state index in [1.54, 1.807) is 24.3 Å². The van der Waals surface area contributed by atoms with Crippen LogP contribution >= 0.6 is 0 Å². The summed E-state index contributed by atoms with van der Waals surface area (Å²) < 4.78 is 39.4. The highest BCUT2D eigenvalue weighted by Crippen LogP contribution is 2.47. The number of nitrogens with one attached hydrogen (secondary N) is 3. The van der Waals surface area contributed by atoms with Crippen molar-refractivity contribution in [2.45, 2.75) is 89.0 Å². The number of pyridine rings is 1. The number of carbonyl (C=O) groups excluding carboxylic acids is 5. The summed E-state index contributed by atoms with van der Waals surface area (Å²) >= 11 is 0. The summed E-state index contributed by atoms with van der Waals surface area (Å²) in [6.07, 6.45) is 8.80. The molecule has 2 saturated heterocycles. The molecule has 0 radical (unpaired) electrons. The van der Waals surface area contributed by atoms with Gasteiger partial charge in [-0.2, -0.15) is 8.78 Å². The zero-order valence-electron chi connectivity index (χ0n) is 34.2. The summed E-state index contributed by atoms with van der Waals surface area (Å²) in [4.78, 5) is 76.2. The maximum atomic E-state index is 13.8. The van der Waals surface area contributed by atoms with Crippen molar-refractivity contribution in [2.75, 3.05) is 43.9 Å². The third kappa shape index (κ3) is 7.97. The Bertz CT molecular complexity index is 2410. The van der Waals surface area contributed by atoms with E-state index in [2.05, 4.69) is 25.8 Å². The Morgan fingerprint density at radius 3 is 2.41 bits per heavy atom. The van der Waals surface area contributed by atoms with E-state index in [-0.39, 0.29) is 30.0 Å². The van der Waals surface area contributed by atoms with Crippen molar-refractivity contribution in [2.24, 2.45) is 17.3 Å². The smallest absolute Gasteiger partial charge is 0.287 e. The highest BCUT2D eigenvalue weighted by molar-refractivity contribution is 6.25. The lowest BCUT2D eigenvalue weighted by molar-refractivity contribution is -0.136. The van der Waals surface area contributed by atoms with Crippen molar-refractivity contribution in [3.8, 4) is 5.75 Å². The number of methoxy groups -OCH3 is 1. The number of rotatable bonds is 11. The van der Waals surface area contributed by atoms with Gasteiger partial charge in [-0.25, -0.2) is 9.97 Å². The Kier molecular flexibility index (Phi) is 10.6. The van der Waals surface area contributed by atoms with Crippen LogP contribution in [0.3, 0.4) is 0 Å². The van der Waals surface area contributed by atoms with E-state index in [1.165, 1.54) is 25.3 Å². The van der Waals surface area contributed by atoms with Crippen LogP contribution in [0.4, 0.5) is 20.2 Å². The number of oxazole rings is 1. The number of likely N-dealkylation sites (tertiary alicyclic amines) is 1. The van der Waals surface area contributed by atoms with Gasteiger partial charge in [0.1, 0.15) is 28.7 Å². The molecule has 5 heterocycles. The van der Waals surface area contributed by atoms with Crippen LogP contribution in [0.5, 0.6) is 5.75 Å². The van der Waals surface area contributed by atoms with Gasteiger partial charge in [0.15, 0.2) is 11.5 Å². The number of aromatic nitrogens is 2. The Morgan fingerprint density at radius 2 is 1.69 bits per heavy atom. The molecule has 14 nitrogen and oxygen atoms in total. The van der Waals surface area contributed by atoms with Gasteiger partial charge in [0.2, 0.25) is 11.8 Å². The van der Waals surface area contributed by atoms with E-state index in [0.29, 0.717) is 63.5 Å². The minimum atomic E-state index is -3.18. The molecule has 16 heteroatoms. The number of ether oxygens (including phenoxy) is 1. The van der Waals surface area contributed by atoms with Crippen LogP contribution in [0.25, 0.3) is 11.1 Å². The zero-order valence-corrected chi connectivity index (χ0v) is 34.2. The SMILES string of the molecule is COc1cc2nc(C3CCC(CN4CC5(CCC(CNc6cccc7c6C(=O)N(C6CCC(=O)NC6=O)C7=O)CC5)C4)CC3)oc2cc1NC(=O)c1cccc(C(C)(F)F)n1. The van der Waals surface area contributed by atoms with E-state index < -0.39 is 47.2 Å². The molecule has 1 atom stereocenters. The van der Waals surface area contributed by atoms with Gasteiger partial charge in [-0.3, -0.25) is 34.2 Å². The molecule has 5 aliphatic rings. The number of benzene rings is 2. The van der Waals surface area contributed by atoms with Crippen molar-refractivity contribution < 1.29 is 41.9 Å². The molecule has 2 aromatic heterocycles. The largest absolute Gasteiger partial charge is 0.494 e. The number of alkyl halides is 2. The average Bonchev–Trinajstić information content (AvgIpc) is 3.76. The fraction of sp³-hybridized carbons (Fsp3) is 0.489. The molecule has 2 saturated carbocycles. The van der Waals surface area contributed by atoms with Crippen LogP contribution in [-0.2, 0) is 15.5 Å². The molecular weight excluding hydrogens is 789 g/mol. The summed E-state index contributed by atoms with van der Waals surface area (Å²) in [6.45, 7) is 4.75. The third-order valence-electron chi connectivity index (χ3n) is 13.5. The number of nitrogens with zero attached hydrogens (tertiary/aromatic N) is 4. The fourth-order valence-electron chi connectivity index (χ4n) is 10.1. The highest BCUT2D eigenvalue weighted by atomic mass is 19.3. The van der Waals surface area contributed by atoms with Gasteiger partial charge in [-0.05, 0) is 99.3 Å². The number of hydrogen-bond donors (Lipinski definition) is 3. The van der Waals surface area contributed by atoms with E-state index in [4.69, 9.17) is 14.1 Å². The van der Waals surface area contributed by atoms with Crippen LogP contribution in [0, 0.1) is 17.3 Å². The van der Waals surface area contributed by atoms with E-state index in [1.807, 2.05) is 6.07 Å². The van der Waals surface area contributed by atoms with Crippen molar-refractivity contribution in [3.05, 3.63) is 76.9 Å². The quantitative estimate of drug-likeness (QED) is 0.134. The van der Waals surface area contributed by atoms with Gasteiger partial charge in [0, 0.05) is 63.3 Å². The van der Waals surface area contributed by atoms with Gasteiger partial charge in [0.05, 0.1) is 23.9 Å². The first-order chi connectivity index (χ1) is 29.3. The molecule has 2 aliphatic carbocycles. The van der Waals surface area contributed by atoms with Crippen LogP contribution in [0.15, 0.2) is 52.9 Å². The number of anilines is 2. The van der Waals surface area contributed by atoms with Crippen LogP contribution < -0.4 is 20.7 Å². The number of amides is 5. The second-order valence-corrected chi connectivity index (χ2v) is 17.7. The molecule has 320 valence electrons. The molecule has 2 aromatic carbocycles. The van der Waals surface area contributed by atoms with E-state index >= 15 is 0 Å². The van der Waals surface area contributed by atoms with Crippen molar-refractivity contribution in [3.63, 3.8) is 0 Å². The third-order valence-corrected chi connectivity index (χ3v) is 13.5. The van der Waals surface area contributed by atoms with E-state index in [0.717, 1.165) is 82.8 Å². The van der Waals surface area contributed by atoms with Gasteiger partial charge >= 0.3 is 0 Å². The standard InChI is InChI=1S/C45H49F2N7O7/c1-44(46,47)36-8-4-7-30(49-36)39(56)50-31-20-35-32(19-34(31)60-2)51-41(61-35)27-11-9-26(10-12-27)22-53-23-45(24-53)17-15-25(16-18-45)21-48-29-6-3-5-28-38(29)43(59)54(42(28)58)33-13-14-37(55)52-40(33)57/h3-8,19-20,25-27,33,48H,9-18,21-24H2,1-2H3,(H,50,56)(H,52,55,57). The summed E-state index contributed by atoms with van der Waals surface area (Å²) in [5.41, 5.74) is 2.35. The fourth-order valence-corrected chi connectivity index (χ4v) is 10.1. The first-order valence-corrected chi connectivity index (χ1v) is 21.2. The molecule has 61 heavy (non-hydrogen) atoms. The maximum absolute atomic E-state index is 13.8. The lowest BCUT2D eigenvalue weighted by atomic mass is 9.65. The lowest BCUT2D eigenvalue weighted by Gasteiger charge is -2.54. The topological polar surface area (TPSA) is 176 Å². The van der Waals surface area contributed by atoms with Gasteiger partial charge in [-0.15, -0.1) is 0 Å². The Morgan fingerprint density at radius 1 is 0.934 bits per heavy atom. The molecule has 1 unspecified atom stereocenters. The Labute approximate surface area is 351 Å². The minimum Gasteiger partial charge on any atom is -0.494 e. The monoisotopic (exact) mass is 837 g/mol. The number of hydrogen-bond acceptors (Lipinski definition) is 11. The van der Waals surface area contributed by atoms with Crippen LogP contribution in [0.2, 0.25) is 0 Å². The first-order valence-electron chi connectivity index (χ1n) is 21.2. The van der Waals surface area contributed by atoms with Crippen LogP contribution in [0.1, 0.15) is 120 Å². The maximum Gasteiger partial charge on any atom is 0.287 e. The number of fused-ring (bicyclic) bond motifs is 2. The molecule has 4 aromatic rings. The number of halogens is 2. The predicted octanol–water partition coefficient (Wildman–Crippen LogP) is 6.87. The van der Waals surface area contributed by atoms with E-state index in [9.17, 15) is 32.8 Å². The minimum absolute atomic E-state index is 0.0822. The normalized spacial score (nSPS) is 23.2.